The number of carboxylic acid groups (broad SMARTS) is 1. The van der Waals surface area contributed by atoms with Crippen molar-refractivity contribution in [2.24, 2.45) is 0 Å². The average Bonchev–Trinajstić information content (AvgIpc) is 2.29. The normalized spacial score (nSPS) is 9.39. The Morgan fingerprint density at radius 1 is 1.28 bits per heavy atom. The van der Waals surface area contributed by atoms with Gasteiger partial charge in [0, 0.05) is 21.4 Å². The van der Waals surface area contributed by atoms with Crippen LogP contribution in [0.25, 0.3) is 0 Å². The summed E-state index contributed by atoms with van der Waals surface area (Å²) in [6, 6.07) is -0.424. The van der Waals surface area contributed by atoms with Crippen LogP contribution in [-0.4, -0.2) is 42.8 Å². The zero-order valence-electron chi connectivity index (χ0n) is 10.3. The van der Waals surface area contributed by atoms with Crippen molar-refractivity contribution in [3.05, 3.63) is 12.2 Å². The molecule has 0 fully saturated rings. The lowest BCUT2D eigenvalue weighted by Crippen LogP contribution is -2.38. The molecule has 7 nitrogen and oxygen atoms in total. The predicted octanol–water partition coefficient (Wildman–Crippen LogP) is 0.762. The van der Waals surface area contributed by atoms with Crippen LogP contribution >= 0.6 is 0 Å². The summed E-state index contributed by atoms with van der Waals surface area (Å²) >= 11 is 0. The molecule has 0 aromatic rings. The van der Waals surface area contributed by atoms with Crippen LogP contribution in [0.2, 0.25) is 0 Å². The summed E-state index contributed by atoms with van der Waals surface area (Å²) in [7, 11) is 0. The Labute approximate surface area is 108 Å². The van der Waals surface area contributed by atoms with Gasteiger partial charge in [0.2, 0.25) is 0 Å². The predicted molar refractivity (Wildman–Crippen MR) is 68.3 cm³/mol. The summed E-state index contributed by atoms with van der Waals surface area (Å²) < 4.78 is 4.75. The van der Waals surface area contributed by atoms with E-state index in [2.05, 4.69) is 17.2 Å². The van der Waals surface area contributed by atoms with Crippen molar-refractivity contribution in [1.82, 2.24) is 10.6 Å². The molecular formula is C11H22N2O5. The number of esters is 1. The van der Waals surface area contributed by atoms with Crippen LogP contribution in [-0.2, 0) is 14.3 Å². The van der Waals surface area contributed by atoms with Gasteiger partial charge in [0.1, 0.15) is 6.61 Å². The fourth-order valence-corrected chi connectivity index (χ4v) is 0.936. The summed E-state index contributed by atoms with van der Waals surface area (Å²) in [4.78, 5) is 32.3. The second-order valence-corrected chi connectivity index (χ2v) is 3.60. The molecule has 0 aromatic heterocycles. The maximum atomic E-state index is 11.1. The second-order valence-electron chi connectivity index (χ2n) is 3.60. The van der Waals surface area contributed by atoms with E-state index in [9.17, 15) is 14.4 Å². The second kappa shape index (κ2) is 9.03. The number of hydrogen-bond acceptors (Lipinski definition) is 4. The van der Waals surface area contributed by atoms with E-state index in [1.807, 2.05) is 0 Å². The fourth-order valence-electron chi connectivity index (χ4n) is 0.936. The van der Waals surface area contributed by atoms with Crippen LogP contribution in [0.15, 0.2) is 12.2 Å². The first kappa shape index (κ1) is 16.0. The first-order valence-corrected chi connectivity index (χ1v) is 5.49. The van der Waals surface area contributed by atoms with Crippen molar-refractivity contribution in [3.8, 4) is 0 Å². The summed E-state index contributed by atoms with van der Waals surface area (Å²) in [5.41, 5.74) is 0.299. The number of carbonyl (C=O) groups is 3. The van der Waals surface area contributed by atoms with Gasteiger partial charge in [-0.05, 0) is 13.3 Å². The van der Waals surface area contributed by atoms with Gasteiger partial charge in [0.15, 0.2) is 0 Å². The van der Waals surface area contributed by atoms with Crippen molar-refractivity contribution in [1.29, 1.82) is 0 Å². The first-order chi connectivity index (χ1) is 8.43. The Bertz CT molecular complexity index is 337. The van der Waals surface area contributed by atoms with Gasteiger partial charge in [0.25, 0.3) is 0 Å². The van der Waals surface area contributed by atoms with Crippen molar-refractivity contribution in [2.75, 3.05) is 19.7 Å². The van der Waals surface area contributed by atoms with E-state index in [0.717, 1.165) is 0 Å². The number of ether oxygens (including phenoxy) is 1. The number of aliphatic carboxylic acids is 1. The molecule has 2 amide bonds. The van der Waals surface area contributed by atoms with Crippen molar-refractivity contribution in [3.63, 3.8) is 0 Å². The monoisotopic (exact) mass is 262 g/mol. The molecule has 106 valence electrons. The van der Waals surface area contributed by atoms with Crippen LogP contribution < -0.4 is 10.6 Å². The summed E-state index contributed by atoms with van der Waals surface area (Å²) in [5, 5.41) is 13.3. The number of hydrogen-bond donors (Lipinski definition) is 3. The lowest BCUT2D eigenvalue weighted by molar-refractivity contribution is -0.139. The number of urea groups is 1. The van der Waals surface area contributed by atoms with Crippen LogP contribution in [0.3, 0.4) is 0 Å². The Balaban J connectivity index is -0.00000144. The SMILES string of the molecule is C=C(C)C(=O)OCCNC(=O)NCCCC(=O)O.[HH].[HH]. The Hall–Kier alpha value is -2.05. The van der Waals surface area contributed by atoms with Crippen LogP contribution in [0.5, 0.6) is 0 Å². The molecule has 0 heterocycles. The molecule has 0 aliphatic rings. The Morgan fingerprint density at radius 3 is 2.44 bits per heavy atom. The zero-order valence-corrected chi connectivity index (χ0v) is 10.3. The average molecular weight is 262 g/mol. The molecule has 18 heavy (non-hydrogen) atoms. The molecule has 0 aliphatic heterocycles. The molecule has 7 heteroatoms. The van der Waals surface area contributed by atoms with Crippen molar-refractivity contribution in [2.45, 2.75) is 19.8 Å². The third-order valence-corrected chi connectivity index (χ3v) is 1.82. The van der Waals surface area contributed by atoms with Gasteiger partial charge in [0.05, 0.1) is 6.54 Å². The van der Waals surface area contributed by atoms with Crippen LogP contribution in [0.1, 0.15) is 22.6 Å². The minimum Gasteiger partial charge on any atom is -0.481 e. The standard InChI is InChI=1S/C11H18N2O5.2H2/c1-8(2)10(16)18-7-6-13-11(17)12-5-3-4-9(14)15;;/h1,3-7H2,2H3,(H,14,15)(H2,12,13,17);2*1H. The summed E-state index contributed by atoms with van der Waals surface area (Å²) in [5.74, 6) is -1.40. The molecule has 0 rings (SSSR count). The quantitative estimate of drug-likeness (QED) is 0.340. The van der Waals surface area contributed by atoms with Crippen molar-refractivity contribution >= 4 is 18.0 Å². The highest BCUT2D eigenvalue weighted by molar-refractivity contribution is 5.86. The Kier molecular flexibility index (Phi) is 8.00. The number of nitrogens with one attached hydrogen (secondary N) is 2. The third-order valence-electron chi connectivity index (χ3n) is 1.82. The lowest BCUT2D eigenvalue weighted by Gasteiger charge is -2.07. The van der Waals surface area contributed by atoms with Gasteiger partial charge in [-0.1, -0.05) is 6.58 Å². The molecule has 0 atom stereocenters. The summed E-state index contributed by atoms with van der Waals surface area (Å²) in [6.45, 7) is 5.47. The van der Waals surface area contributed by atoms with E-state index in [0.29, 0.717) is 12.0 Å². The molecular weight excluding hydrogens is 240 g/mol. The molecule has 3 N–H and O–H groups in total. The van der Waals surface area contributed by atoms with Gasteiger partial charge in [-0.15, -0.1) is 0 Å². The highest BCUT2D eigenvalue weighted by Gasteiger charge is 2.03. The molecule has 0 spiro atoms. The van der Waals surface area contributed by atoms with E-state index in [4.69, 9.17) is 9.84 Å². The largest absolute Gasteiger partial charge is 0.481 e. The maximum absolute atomic E-state index is 11.1. The maximum Gasteiger partial charge on any atom is 0.333 e. The number of carboxylic acids is 1. The molecule has 0 radical (unpaired) electrons. The molecule has 0 bridgehead atoms. The molecule has 0 unspecified atom stereocenters. The van der Waals surface area contributed by atoms with Gasteiger partial charge >= 0.3 is 18.0 Å². The third kappa shape index (κ3) is 9.20. The van der Waals surface area contributed by atoms with Crippen LogP contribution in [0.4, 0.5) is 4.79 Å². The molecule has 0 aliphatic carbocycles. The van der Waals surface area contributed by atoms with Gasteiger partial charge in [-0.25, -0.2) is 9.59 Å². The first-order valence-electron chi connectivity index (χ1n) is 5.49. The van der Waals surface area contributed by atoms with E-state index in [-0.39, 0.29) is 29.0 Å². The lowest BCUT2D eigenvalue weighted by atomic mass is 10.3. The highest BCUT2D eigenvalue weighted by atomic mass is 16.5. The topological polar surface area (TPSA) is 105 Å². The number of carbonyl (C=O) groups excluding carboxylic acids is 2. The Morgan fingerprint density at radius 2 is 1.89 bits per heavy atom. The van der Waals surface area contributed by atoms with Crippen LogP contribution in [0, 0.1) is 0 Å². The number of rotatable bonds is 8. The number of amides is 2. The molecule has 0 saturated heterocycles. The van der Waals surface area contributed by atoms with Crippen molar-refractivity contribution < 1.29 is 27.1 Å². The highest BCUT2D eigenvalue weighted by Crippen LogP contribution is 1.90. The zero-order chi connectivity index (χ0) is 14.0. The minimum absolute atomic E-state index is 0. The van der Waals surface area contributed by atoms with Gasteiger partial charge in [-0.3, -0.25) is 4.79 Å². The minimum atomic E-state index is -0.899. The van der Waals surface area contributed by atoms with E-state index >= 15 is 0 Å². The van der Waals surface area contributed by atoms with Gasteiger partial charge in [-0.2, -0.15) is 0 Å². The van der Waals surface area contributed by atoms with E-state index in [1.165, 1.54) is 6.92 Å². The van der Waals surface area contributed by atoms with E-state index in [1.54, 1.807) is 0 Å². The fraction of sp³-hybridized carbons (Fsp3) is 0.545. The molecule has 0 saturated carbocycles. The van der Waals surface area contributed by atoms with Gasteiger partial charge < -0.3 is 20.5 Å². The van der Waals surface area contributed by atoms with E-state index < -0.39 is 18.0 Å². The smallest absolute Gasteiger partial charge is 0.333 e. The summed E-state index contributed by atoms with van der Waals surface area (Å²) in [6.07, 6.45) is 0.379. The molecule has 0 aromatic carbocycles.